The standard InChI is InChI=1S/C28H25N3O3Se.C27H23N3O3Se.C26H21N3O3Se.C25H19N3O3Se/c1-15-17-9-6-7-12-22(17)31-23-18(15)10-8-11-20(23)28(2,3)21-14-16(35-26(21)31)13-19-24(32)29(4)27(34)30(5)25(19)33;1-14-17-8-5-6-11-22(17)30-23-18(14)9-7-10-19(23)15(2)20-12-16(34-26(20)30)13-21-24(31)28(3)27(33)29(4)25(21)32;1-14-18-9-6-8-16-11-15-7-4-5-10-21(15)29(22(16)18)25-19(14)12-17(33-25)13-20-23(30)27(2)26(32)28(3)24(20)31;1-26-22(29)19(23(30)27(2)25(26)31)13-18-12-17-11-16-8-5-7-15-10-14-6-3-4-9-20(14)28(21(15)16)24(17)32-18/h6-15H,1-5H3;5-15H,1-4H3;4-10,12-14H,11H2,1-3H3;3-9,12-13H,10-11H2,1-2H3. The molecule has 4 unspecified atom stereocenters. The number of amides is 16. The third-order valence-corrected chi connectivity index (χ3v) is 37.2. The van der Waals surface area contributed by atoms with Gasteiger partial charge in [-0.25, -0.2) is 0 Å². The fraction of sp³-hybridized carbons (Fsp3) is 0.208. The van der Waals surface area contributed by atoms with E-state index in [0.717, 1.165) is 76.2 Å². The van der Waals surface area contributed by atoms with E-state index in [2.05, 4.69) is 255 Å². The molecule has 16 amide bonds. The van der Waals surface area contributed by atoms with Crippen molar-refractivity contribution in [1.29, 1.82) is 0 Å². The summed E-state index contributed by atoms with van der Waals surface area (Å²) in [6.07, 6.45) is 9.44. The van der Waals surface area contributed by atoms with Crippen molar-refractivity contribution in [2.75, 3.05) is 76.0 Å². The first-order valence-electron chi connectivity index (χ1n) is 44.1. The molecule has 0 spiro atoms. The summed E-state index contributed by atoms with van der Waals surface area (Å²) >= 11 is -0.396. The summed E-state index contributed by atoms with van der Waals surface area (Å²) in [5.41, 5.74) is 30.4. The first kappa shape index (κ1) is 87.0. The van der Waals surface area contributed by atoms with Crippen LogP contribution in [0, 0.1) is 0 Å². The van der Waals surface area contributed by atoms with Crippen LogP contribution in [-0.2, 0) is 63.0 Å². The van der Waals surface area contributed by atoms with Crippen LogP contribution in [0.3, 0.4) is 0 Å². The molecule has 28 heteroatoms. The number of rotatable bonds is 4. The number of urea groups is 4. The first-order valence-corrected chi connectivity index (χ1v) is 50.9. The Morgan fingerprint density at radius 2 is 0.530 bits per heavy atom. The van der Waals surface area contributed by atoms with Gasteiger partial charge in [0.2, 0.25) is 0 Å². The Kier molecular flexibility index (Phi) is 21.0. The Morgan fingerprint density at radius 3 is 0.955 bits per heavy atom. The maximum absolute atomic E-state index is 12.8. The second-order valence-electron chi connectivity index (χ2n) is 36.0. The van der Waals surface area contributed by atoms with E-state index in [9.17, 15) is 57.5 Å². The van der Waals surface area contributed by atoms with Gasteiger partial charge in [-0.3, -0.25) is 0 Å². The molecule has 0 radical (unpaired) electrons. The Morgan fingerprint density at radius 1 is 0.254 bits per heavy atom. The van der Waals surface area contributed by atoms with Crippen molar-refractivity contribution in [2.45, 2.75) is 89.9 Å². The van der Waals surface area contributed by atoms with Crippen LogP contribution in [0.15, 0.2) is 216 Å². The van der Waals surface area contributed by atoms with Crippen LogP contribution >= 0.6 is 0 Å². The Labute approximate surface area is 797 Å². The molecule has 12 aliphatic heterocycles. The van der Waals surface area contributed by atoms with E-state index in [1.54, 1.807) is 24.3 Å². The van der Waals surface area contributed by atoms with Crippen LogP contribution in [0.2, 0.25) is 0 Å². The van der Waals surface area contributed by atoms with Crippen LogP contribution in [0.5, 0.6) is 0 Å². The van der Waals surface area contributed by atoms with E-state index >= 15 is 0 Å². The molecule has 0 bridgehead atoms. The van der Waals surface area contributed by atoms with Crippen molar-refractivity contribution in [2.24, 2.45) is 0 Å². The topological polar surface area (TPSA) is 244 Å². The van der Waals surface area contributed by atoms with Gasteiger partial charge >= 0.3 is 803 Å². The monoisotopic (exact) mass is 2040 g/mol. The van der Waals surface area contributed by atoms with E-state index in [1.165, 1.54) is 209 Å². The summed E-state index contributed by atoms with van der Waals surface area (Å²) in [5, 5.41) is 0. The van der Waals surface area contributed by atoms with Crippen molar-refractivity contribution in [1.82, 2.24) is 39.2 Å². The van der Waals surface area contributed by atoms with Gasteiger partial charge in [0.05, 0.1) is 0 Å². The summed E-state index contributed by atoms with van der Waals surface area (Å²) in [5.74, 6) is -3.37. The molecule has 12 aliphatic rings. The SMILES string of the molecule is CC1c2cc(C=C3C(=O)N(C)C(=O)N(C)C3=O)[se]c2N2c3ccccc3Cc3cccc1c32.CC1c2ccccc2N2c3[se]c(C=C4C(=O)N(C)C(=O)N(C)C4=O)cc3C(C)(C)c3cccc1c32.CC1c2ccccc2N2c3[se]c(C=C4C(=O)N(C)C(=O)N(C)C4=O)cc3C(C)c3cccc1c32.CN1C(=O)C(=Cc2cc3c([se]2)N2c4ccccc4Cc4cccc(c42)C3)C(=O)N(C)C1=O. The first-order chi connectivity index (χ1) is 64.2. The number of carbonyl (C=O) groups excluding carboxylic acids is 12. The van der Waals surface area contributed by atoms with Crippen molar-refractivity contribution in [3.05, 3.63) is 323 Å². The number of fused-ring (bicyclic) bond motifs is 16. The molecule has 4 fully saturated rings. The number of benzene rings is 8. The zero-order chi connectivity index (χ0) is 93.9. The number of carbonyl (C=O) groups is 12. The second kappa shape index (κ2) is 32.3. The molecule has 8 aromatic carbocycles. The fourth-order valence-electron chi connectivity index (χ4n) is 20.7. The number of likely N-dealkylation sites (N-methyl/N-ethyl adjacent to an activating group) is 8. The molecule has 668 valence electrons. The molecule has 24 rings (SSSR count). The molecular formula is C106H88N12O12Se4. The molecule has 16 heterocycles. The third-order valence-electron chi connectivity index (χ3n) is 28.0. The minimum atomic E-state index is -0.608. The number of nitrogens with zero attached hydrogens (tertiary/aromatic N) is 12. The molecule has 4 atom stereocenters. The number of para-hydroxylation sites is 8. The van der Waals surface area contributed by atoms with Gasteiger partial charge in [0.25, 0.3) is 0 Å². The average molecular weight is 2040 g/mol. The van der Waals surface area contributed by atoms with E-state index in [-0.39, 0.29) is 97.6 Å². The summed E-state index contributed by atoms with van der Waals surface area (Å²) in [6, 6.07) is 66.5. The van der Waals surface area contributed by atoms with Gasteiger partial charge in [0.1, 0.15) is 0 Å². The van der Waals surface area contributed by atoms with Gasteiger partial charge in [-0.2, -0.15) is 0 Å². The van der Waals surface area contributed by atoms with Gasteiger partial charge in [-0.05, 0) is 0 Å². The van der Waals surface area contributed by atoms with E-state index in [0.29, 0.717) is 11.8 Å². The van der Waals surface area contributed by atoms with Gasteiger partial charge < -0.3 is 0 Å². The number of barbiturate groups is 4. The van der Waals surface area contributed by atoms with Gasteiger partial charge in [0.15, 0.2) is 0 Å². The summed E-state index contributed by atoms with van der Waals surface area (Å²) in [4.78, 5) is 168. The predicted molar refractivity (Wildman–Crippen MR) is 519 cm³/mol. The zero-order valence-corrected chi connectivity index (χ0v) is 82.5. The Bertz CT molecular complexity index is 7400. The van der Waals surface area contributed by atoms with Crippen LogP contribution in [0.4, 0.5) is 82.9 Å². The van der Waals surface area contributed by atoms with E-state index in [4.69, 9.17) is 0 Å². The molecule has 0 aliphatic carbocycles. The molecule has 0 saturated carbocycles. The zero-order valence-electron chi connectivity index (χ0n) is 75.6. The molecule has 134 heavy (non-hydrogen) atoms. The minimum absolute atomic E-state index is 0.0336. The van der Waals surface area contributed by atoms with Crippen LogP contribution in [0.1, 0.15) is 172 Å². The molecule has 24 nitrogen and oxygen atoms in total. The molecule has 12 aromatic rings. The number of hydrogen-bond donors (Lipinski definition) is 0. The van der Waals surface area contributed by atoms with Gasteiger partial charge in [-0.1, -0.05) is 0 Å². The molecule has 4 aromatic heterocycles. The molecule has 0 N–H and O–H groups in total. The van der Waals surface area contributed by atoms with Crippen molar-refractivity contribution < 1.29 is 57.5 Å². The second-order valence-corrected chi connectivity index (χ2v) is 44.9. The van der Waals surface area contributed by atoms with Crippen molar-refractivity contribution >= 4 is 217 Å². The van der Waals surface area contributed by atoms with Gasteiger partial charge in [0, 0.05) is 0 Å². The van der Waals surface area contributed by atoms with Crippen LogP contribution in [-0.4, -0.2) is 225 Å². The molecule has 4 saturated heterocycles. The number of anilines is 12. The van der Waals surface area contributed by atoms with Gasteiger partial charge in [-0.15, -0.1) is 0 Å². The summed E-state index contributed by atoms with van der Waals surface area (Å²) in [7, 11) is 11.3. The van der Waals surface area contributed by atoms with Crippen molar-refractivity contribution in [3.8, 4) is 0 Å². The summed E-state index contributed by atoms with van der Waals surface area (Å²) in [6.45, 7) is 13.5. The number of hydrogen-bond acceptors (Lipinski definition) is 16. The predicted octanol–water partition coefficient (Wildman–Crippen LogP) is 16.8. The third kappa shape index (κ3) is 13.3. The fourth-order valence-corrected chi connectivity index (χ4v) is 31.0. The Balaban J connectivity index is 0.000000107. The molecular weight excluding hydrogens is 1950 g/mol. The van der Waals surface area contributed by atoms with Crippen LogP contribution < -0.4 is 19.6 Å². The normalized spacial score (nSPS) is 19.2. The quantitative estimate of drug-likeness (QED) is 0.0903. The van der Waals surface area contributed by atoms with Crippen LogP contribution in [0.25, 0.3) is 24.3 Å². The maximum atomic E-state index is 12.8. The van der Waals surface area contributed by atoms with Crippen molar-refractivity contribution in [3.63, 3.8) is 0 Å². The Hall–Kier alpha value is -13.6. The average Bonchev–Trinajstić information content (AvgIpc) is 1.31. The summed E-state index contributed by atoms with van der Waals surface area (Å²) < 4.78 is 8.84. The van der Waals surface area contributed by atoms with E-state index in [1.807, 2.05) is 0 Å². The van der Waals surface area contributed by atoms with E-state index < -0.39 is 71.4 Å². The number of imide groups is 8.